The molecule has 1 aliphatic rings. The van der Waals surface area contributed by atoms with Crippen LogP contribution < -0.4 is 4.90 Å². The summed E-state index contributed by atoms with van der Waals surface area (Å²) in [4.78, 5) is 15.2. The lowest BCUT2D eigenvalue weighted by Gasteiger charge is -2.25. The number of para-hydroxylation sites is 1. The fourth-order valence-corrected chi connectivity index (χ4v) is 4.87. The third-order valence-corrected chi connectivity index (χ3v) is 6.53. The monoisotopic (exact) mass is 426 g/mol. The molecule has 0 saturated heterocycles. The first kappa shape index (κ1) is 20.0. The second-order valence-electron chi connectivity index (χ2n) is 7.21. The van der Waals surface area contributed by atoms with Gasteiger partial charge in [-0.05, 0) is 63.1 Å². The lowest BCUT2D eigenvalue weighted by Crippen LogP contribution is -2.40. The quantitative estimate of drug-likeness (QED) is 0.534. The first-order valence-corrected chi connectivity index (χ1v) is 11.0. The van der Waals surface area contributed by atoms with E-state index in [2.05, 4.69) is 30.1 Å². The van der Waals surface area contributed by atoms with E-state index in [9.17, 15) is 4.79 Å². The number of thioether (sulfide) groups is 1. The van der Waals surface area contributed by atoms with Gasteiger partial charge in [0.25, 0.3) is 0 Å². The summed E-state index contributed by atoms with van der Waals surface area (Å²) in [6, 6.07) is 15.9. The fourth-order valence-electron chi connectivity index (χ4n) is 3.78. The van der Waals surface area contributed by atoms with Crippen LogP contribution in [0.25, 0.3) is 11.4 Å². The van der Waals surface area contributed by atoms with Crippen molar-refractivity contribution in [3.63, 3.8) is 0 Å². The third kappa shape index (κ3) is 3.79. The summed E-state index contributed by atoms with van der Waals surface area (Å²) in [7, 11) is 0. The number of anilines is 1. The Bertz CT molecular complexity index is 1030. The van der Waals surface area contributed by atoms with Crippen molar-refractivity contribution in [1.82, 2.24) is 14.8 Å². The van der Waals surface area contributed by atoms with Crippen molar-refractivity contribution in [2.45, 2.75) is 50.2 Å². The van der Waals surface area contributed by atoms with Gasteiger partial charge in [-0.2, -0.15) is 0 Å². The summed E-state index contributed by atoms with van der Waals surface area (Å²) in [6.07, 6.45) is 0.894. The highest BCUT2D eigenvalue weighted by atomic mass is 35.5. The van der Waals surface area contributed by atoms with Crippen LogP contribution in [0.3, 0.4) is 0 Å². The zero-order valence-electron chi connectivity index (χ0n) is 16.7. The van der Waals surface area contributed by atoms with Crippen LogP contribution in [0.2, 0.25) is 5.02 Å². The van der Waals surface area contributed by atoms with E-state index in [4.69, 9.17) is 11.6 Å². The molecular weight excluding hydrogens is 404 g/mol. The number of carbonyl (C=O) groups excluding carboxylic acids is 1. The maximum atomic E-state index is 13.3. The van der Waals surface area contributed by atoms with Crippen molar-refractivity contribution in [1.29, 1.82) is 0 Å². The van der Waals surface area contributed by atoms with E-state index in [0.717, 1.165) is 35.2 Å². The Balaban J connectivity index is 1.56. The molecule has 0 radical (unpaired) electrons. The lowest BCUT2D eigenvalue weighted by molar-refractivity contribution is -0.118. The number of hydrogen-bond acceptors (Lipinski definition) is 4. The van der Waals surface area contributed by atoms with Crippen LogP contribution in [-0.2, 0) is 17.8 Å². The Labute approximate surface area is 180 Å². The average Bonchev–Trinajstić information content (AvgIpc) is 3.27. The van der Waals surface area contributed by atoms with E-state index in [1.807, 2.05) is 58.9 Å². The van der Waals surface area contributed by atoms with E-state index in [0.29, 0.717) is 5.02 Å². The number of benzene rings is 2. The maximum absolute atomic E-state index is 13.3. The van der Waals surface area contributed by atoms with Gasteiger partial charge in [0.15, 0.2) is 11.0 Å². The minimum Gasteiger partial charge on any atom is -0.308 e. The van der Waals surface area contributed by atoms with E-state index in [1.54, 1.807) is 0 Å². The Hall–Kier alpha value is -2.31. The molecule has 0 bridgehead atoms. The normalized spacial score (nSPS) is 16.7. The SMILES string of the molecule is CCn1c(SC(C)C(=O)N2c3ccccc3CC2C)nnc1-c1ccc(Cl)cc1. The molecule has 5 nitrogen and oxygen atoms in total. The standard InChI is InChI=1S/C22H23ClN4OS/c1-4-26-20(16-9-11-18(23)12-10-16)24-25-22(26)29-15(3)21(28)27-14(2)13-17-7-5-6-8-19(17)27/h5-12,14-15H,4,13H2,1-3H3. The number of nitrogens with zero attached hydrogens (tertiary/aromatic N) is 4. The minimum atomic E-state index is -0.267. The zero-order valence-corrected chi connectivity index (χ0v) is 18.2. The molecule has 4 rings (SSSR count). The van der Waals surface area contributed by atoms with Gasteiger partial charge in [-0.1, -0.05) is 41.6 Å². The molecule has 2 atom stereocenters. The Morgan fingerprint density at radius 2 is 1.93 bits per heavy atom. The number of amides is 1. The summed E-state index contributed by atoms with van der Waals surface area (Å²) in [6.45, 7) is 6.81. The molecule has 7 heteroatoms. The summed E-state index contributed by atoms with van der Waals surface area (Å²) >= 11 is 7.46. The van der Waals surface area contributed by atoms with Gasteiger partial charge in [0.05, 0.1) is 5.25 Å². The smallest absolute Gasteiger partial charge is 0.240 e. The predicted octanol–water partition coefficient (Wildman–Crippen LogP) is 5.08. The minimum absolute atomic E-state index is 0.103. The van der Waals surface area contributed by atoms with E-state index >= 15 is 0 Å². The van der Waals surface area contributed by atoms with Gasteiger partial charge in [0.2, 0.25) is 5.91 Å². The molecule has 1 aromatic heterocycles. The highest BCUT2D eigenvalue weighted by molar-refractivity contribution is 8.00. The van der Waals surface area contributed by atoms with Crippen LogP contribution in [0.4, 0.5) is 5.69 Å². The first-order valence-electron chi connectivity index (χ1n) is 9.76. The molecule has 150 valence electrons. The Morgan fingerprint density at radius 1 is 1.21 bits per heavy atom. The van der Waals surface area contributed by atoms with Crippen molar-refractivity contribution in [3.8, 4) is 11.4 Å². The number of carbonyl (C=O) groups is 1. The second kappa shape index (κ2) is 8.20. The third-order valence-electron chi connectivity index (χ3n) is 5.21. The molecule has 0 aliphatic carbocycles. The van der Waals surface area contributed by atoms with Gasteiger partial charge < -0.3 is 9.47 Å². The van der Waals surface area contributed by atoms with Crippen molar-refractivity contribution >= 4 is 35.0 Å². The van der Waals surface area contributed by atoms with Crippen LogP contribution in [0.1, 0.15) is 26.3 Å². The number of aromatic nitrogens is 3. The largest absolute Gasteiger partial charge is 0.308 e. The molecule has 2 unspecified atom stereocenters. The van der Waals surface area contributed by atoms with E-state index < -0.39 is 0 Å². The predicted molar refractivity (Wildman–Crippen MR) is 119 cm³/mol. The van der Waals surface area contributed by atoms with Gasteiger partial charge in [-0.15, -0.1) is 10.2 Å². The molecular formula is C22H23ClN4OS. The van der Waals surface area contributed by atoms with Gasteiger partial charge in [0.1, 0.15) is 0 Å². The summed E-state index contributed by atoms with van der Waals surface area (Å²) < 4.78 is 2.04. The van der Waals surface area contributed by atoms with Crippen molar-refractivity contribution in [3.05, 3.63) is 59.1 Å². The van der Waals surface area contributed by atoms with Crippen molar-refractivity contribution in [2.24, 2.45) is 0 Å². The second-order valence-corrected chi connectivity index (χ2v) is 8.95. The number of halogens is 1. The van der Waals surface area contributed by atoms with E-state index in [1.165, 1.54) is 17.3 Å². The van der Waals surface area contributed by atoms with Crippen LogP contribution in [0.15, 0.2) is 53.7 Å². The van der Waals surface area contributed by atoms with Crippen LogP contribution in [0, 0.1) is 0 Å². The summed E-state index contributed by atoms with van der Waals surface area (Å²) in [5.74, 6) is 0.886. The first-order chi connectivity index (χ1) is 14.0. The molecule has 0 saturated carbocycles. The fraction of sp³-hybridized carbons (Fsp3) is 0.318. The van der Waals surface area contributed by atoms with Crippen LogP contribution in [-0.4, -0.2) is 32.0 Å². The number of fused-ring (bicyclic) bond motifs is 1. The Morgan fingerprint density at radius 3 is 2.66 bits per heavy atom. The van der Waals surface area contributed by atoms with Crippen molar-refractivity contribution in [2.75, 3.05) is 4.90 Å². The van der Waals surface area contributed by atoms with Gasteiger partial charge in [0, 0.05) is 28.9 Å². The maximum Gasteiger partial charge on any atom is 0.240 e. The topological polar surface area (TPSA) is 51.0 Å². The highest BCUT2D eigenvalue weighted by Gasteiger charge is 2.34. The lowest BCUT2D eigenvalue weighted by atomic mass is 10.1. The molecule has 2 heterocycles. The highest BCUT2D eigenvalue weighted by Crippen LogP contribution is 2.35. The van der Waals surface area contributed by atoms with Gasteiger partial charge in [-0.3, -0.25) is 4.79 Å². The van der Waals surface area contributed by atoms with Crippen LogP contribution >= 0.6 is 23.4 Å². The molecule has 0 spiro atoms. The molecule has 29 heavy (non-hydrogen) atoms. The van der Waals surface area contributed by atoms with Gasteiger partial charge >= 0.3 is 0 Å². The summed E-state index contributed by atoms with van der Waals surface area (Å²) in [5, 5.41) is 9.91. The molecule has 2 aromatic carbocycles. The Kier molecular flexibility index (Phi) is 5.65. The molecule has 3 aromatic rings. The molecule has 1 amide bonds. The average molecular weight is 427 g/mol. The molecule has 1 aliphatic heterocycles. The van der Waals surface area contributed by atoms with Crippen LogP contribution in [0.5, 0.6) is 0 Å². The number of hydrogen-bond donors (Lipinski definition) is 0. The zero-order chi connectivity index (χ0) is 20.5. The molecule has 0 fully saturated rings. The summed E-state index contributed by atoms with van der Waals surface area (Å²) in [5.41, 5.74) is 3.21. The van der Waals surface area contributed by atoms with Crippen molar-refractivity contribution < 1.29 is 4.79 Å². The molecule has 0 N–H and O–H groups in total. The van der Waals surface area contributed by atoms with E-state index in [-0.39, 0.29) is 17.2 Å². The number of rotatable bonds is 5. The van der Waals surface area contributed by atoms with Gasteiger partial charge in [-0.25, -0.2) is 0 Å².